The molecule has 4 rings (SSSR count). The fourth-order valence-electron chi connectivity index (χ4n) is 4.99. The summed E-state index contributed by atoms with van der Waals surface area (Å²) in [6.07, 6.45) is 0.221. The Labute approximate surface area is 279 Å². The molecule has 242 valence electrons. The van der Waals surface area contributed by atoms with Crippen LogP contribution < -0.4 is 19.1 Å². The molecule has 0 aliphatic heterocycles. The molecule has 11 heteroatoms. The monoisotopic (exact) mass is 707 g/mol. The van der Waals surface area contributed by atoms with E-state index >= 15 is 0 Å². The van der Waals surface area contributed by atoms with Crippen LogP contribution in [-0.4, -0.2) is 58.0 Å². The second kappa shape index (κ2) is 15.8. The van der Waals surface area contributed by atoms with Gasteiger partial charge in [-0.25, -0.2) is 8.42 Å². The largest absolute Gasteiger partial charge is 0.497 e. The van der Waals surface area contributed by atoms with Crippen LogP contribution in [0.3, 0.4) is 0 Å². The number of carbonyl (C=O) groups is 2. The Bertz CT molecular complexity index is 1730. The highest BCUT2D eigenvalue weighted by Crippen LogP contribution is 2.33. The van der Waals surface area contributed by atoms with E-state index in [-0.39, 0.29) is 41.2 Å². The van der Waals surface area contributed by atoms with Crippen molar-refractivity contribution in [2.45, 2.75) is 43.8 Å². The summed E-state index contributed by atoms with van der Waals surface area (Å²) in [4.78, 5) is 29.8. The number of hydrogen-bond donors (Lipinski definition) is 1. The van der Waals surface area contributed by atoms with Gasteiger partial charge < -0.3 is 19.7 Å². The molecule has 0 bridgehead atoms. The van der Waals surface area contributed by atoms with E-state index in [1.807, 2.05) is 68.4 Å². The zero-order valence-electron chi connectivity index (χ0n) is 26.2. The van der Waals surface area contributed by atoms with Crippen LogP contribution in [0.25, 0.3) is 0 Å². The molecule has 0 saturated carbocycles. The molecule has 46 heavy (non-hydrogen) atoms. The Kier molecular flexibility index (Phi) is 11.8. The van der Waals surface area contributed by atoms with E-state index in [0.29, 0.717) is 5.75 Å². The van der Waals surface area contributed by atoms with Crippen LogP contribution in [-0.2, 0) is 32.6 Å². The van der Waals surface area contributed by atoms with Gasteiger partial charge in [0.05, 0.1) is 24.8 Å². The number of halogens is 1. The zero-order chi connectivity index (χ0) is 33.3. The van der Waals surface area contributed by atoms with Crippen LogP contribution in [0.4, 0.5) is 5.69 Å². The van der Waals surface area contributed by atoms with Crippen molar-refractivity contribution in [1.82, 2.24) is 10.2 Å². The van der Waals surface area contributed by atoms with Crippen LogP contribution in [0.2, 0.25) is 0 Å². The highest BCUT2D eigenvalue weighted by atomic mass is 79.9. The Morgan fingerprint density at radius 2 is 1.48 bits per heavy atom. The van der Waals surface area contributed by atoms with Gasteiger partial charge in [-0.15, -0.1) is 0 Å². The number of amides is 2. The predicted molar refractivity (Wildman–Crippen MR) is 182 cm³/mol. The van der Waals surface area contributed by atoms with Crippen molar-refractivity contribution >= 4 is 43.5 Å². The van der Waals surface area contributed by atoms with Gasteiger partial charge in [0.2, 0.25) is 11.8 Å². The molecule has 2 amide bonds. The third kappa shape index (κ3) is 8.67. The van der Waals surface area contributed by atoms with Crippen molar-refractivity contribution < 1.29 is 27.5 Å². The van der Waals surface area contributed by atoms with Gasteiger partial charge in [-0.3, -0.25) is 13.9 Å². The highest BCUT2D eigenvalue weighted by molar-refractivity contribution is 9.10. The fraction of sp³-hybridized carbons (Fsp3) is 0.257. The standard InChI is InChI=1S/C35H38BrN3O6S/c1-25(2)37-35(41)32(22-26-11-6-5-7-12-26)38(23-27-13-10-14-28(36)21-27)34(40)24-39(31-15-8-9-16-33(31)45-4)46(42,43)30-19-17-29(44-3)18-20-30/h5-21,25,32H,22-24H2,1-4H3,(H,37,41)/t32-/m0/s1. The molecule has 0 heterocycles. The summed E-state index contributed by atoms with van der Waals surface area (Å²) < 4.78 is 41.1. The minimum Gasteiger partial charge on any atom is -0.497 e. The number of methoxy groups -OCH3 is 2. The smallest absolute Gasteiger partial charge is 0.264 e. The van der Waals surface area contributed by atoms with Gasteiger partial charge in [0.15, 0.2) is 0 Å². The first kappa shape index (κ1) is 34.5. The number of anilines is 1. The molecular formula is C35H38BrN3O6S. The van der Waals surface area contributed by atoms with E-state index in [1.165, 1.54) is 31.3 Å². The van der Waals surface area contributed by atoms with Crippen molar-refractivity contribution in [2.24, 2.45) is 0 Å². The number of sulfonamides is 1. The quantitative estimate of drug-likeness (QED) is 0.177. The molecule has 0 fully saturated rings. The molecule has 0 aliphatic carbocycles. The third-order valence-corrected chi connectivity index (χ3v) is 9.49. The predicted octanol–water partition coefficient (Wildman–Crippen LogP) is 5.83. The molecule has 0 aromatic heterocycles. The first-order valence-electron chi connectivity index (χ1n) is 14.7. The molecule has 0 unspecified atom stereocenters. The average Bonchev–Trinajstić information content (AvgIpc) is 3.05. The summed E-state index contributed by atoms with van der Waals surface area (Å²) in [5, 5.41) is 2.96. The maximum atomic E-state index is 14.6. The van der Waals surface area contributed by atoms with Gasteiger partial charge in [0.25, 0.3) is 10.0 Å². The van der Waals surface area contributed by atoms with Crippen molar-refractivity contribution in [3.63, 3.8) is 0 Å². The maximum absolute atomic E-state index is 14.6. The molecule has 9 nitrogen and oxygen atoms in total. The van der Waals surface area contributed by atoms with E-state index < -0.39 is 28.5 Å². The lowest BCUT2D eigenvalue weighted by atomic mass is 10.0. The first-order valence-corrected chi connectivity index (χ1v) is 16.9. The molecule has 0 saturated heterocycles. The number of rotatable bonds is 14. The summed E-state index contributed by atoms with van der Waals surface area (Å²) in [7, 11) is -1.38. The zero-order valence-corrected chi connectivity index (χ0v) is 28.6. The summed E-state index contributed by atoms with van der Waals surface area (Å²) in [5.74, 6) is -0.157. The second-order valence-corrected chi connectivity index (χ2v) is 13.7. The normalized spacial score (nSPS) is 11.9. The first-order chi connectivity index (χ1) is 22.0. The van der Waals surface area contributed by atoms with Crippen LogP contribution in [0.5, 0.6) is 11.5 Å². The van der Waals surface area contributed by atoms with E-state index in [1.54, 1.807) is 36.4 Å². The van der Waals surface area contributed by atoms with Crippen LogP contribution in [0.15, 0.2) is 112 Å². The second-order valence-electron chi connectivity index (χ2n) is 10.9. The van der Waals surface area contributed by atoms with Crippen LogP contribution in [0.1, 0.15) is 25.0 Å². The van der Waals surface area contributed by atoms with Crippen LogP contribution >= 0.6 is 15.9 Å². The number of hydrogen-bond acceptors (Lipinski definition) is 6. The Balaban J connectivity index is 1.83. The summed E-state index contributed by atoms with van der Waals surface area (Å²) >= 11 is 3.50. The van der Waals surface area contributed by atoms with Gasteiger partial charge in [-0.1, -0.05) is 70.5 Å². The SMILES string of the molecule is COc1ccc(S(=O)(=O)N(CC(=O)N(Cc2cccc(Br)c2)[C@@H](Cc2ccccc2)C(=O)NC(C)C)c2ccccc2OC)cc1. The van der Waals surface area contributed by atoms with Crippen molar-refractivity contribution in [3.8, 4) is 11.5 Å². The summed E-state index contributed by atoms with van der Waals surface area (Å²) in [6, 6.07) is 28.3. The van der Waals surface area contributed by atoms with Gasteiger partial charge in [-0.05, 0) is 73.5 Å². The highest BCUT2D eigenvalue weighted by Gasteiger charge is 2.35. The van der Waals surface area contributed by atoms with Crippen molar-refractivity contribution in [3.05, 3.63) is 119 Å². The van der Waals surface area contributed by atoms with Gasteiger partial charge in [0.1, 0.15) is 24.1 Å². The minimum absolute atomic E-state index is 0.0380. The molecule has 0 aliphatic rings. The summed E-state index contributed by atoms with van der Waals surface area (Å²) in [6.45, 7) is 3.16. The molecule has 1 N–H and O–H groups in total. The van der Waals surface area contributed by atoms with E-state index in [4.69, 9.17) is 9.47 Å². The third-order valence-electron chi connectivity index (χ3n) is 7.22. The molecule has 0 spiro atoms. The number of nitrogens with one attached hydrogen (secondary N) is 1. The number of carbonyl (C=O) groups excluding carboxylic acids is 2. The van der Waals surface area contributed by atoms with Gasteiger partial charge >= 0.3 is 0 Å². The molecular weight excluding hydrogens is 670 g/mol. The minimum atomic E-state index is -4.30. The fourth-order valence-corrected chi connectivity index (χ4v) is 6.86. The van der Waals surface area contributed by atoms with Crippen molar-refractivity contribution in [2.75, 3.05) is 25.1 Å². The molecule has 4 aromatic rings. The average molecular weight is 709 g/mol. The van der Waals surface area contributed by atoms with Gasteiger partial charge in [-0.2, -0.15) is 0 Å². The number of para-hydroxylation sites is 2. The molecule has 1 atom stereocenters. The Morgan fingerprint density at radius 3 is 2.11 bits per heavy atom. The topological polar surface area (TPSA) is 105 Å². The molecule has 0 radical (unpaired) electrons. The number of benzene rings is 4. The maximum Gasteiger partial charge on any atom is 0.264 e. The Hall–Kier alpha value is -4.35. The lowest BCUT2D eigenvalue weighted by Crippen LogP contribution is -2.54. The van der Waals surface area contributed by atoms with Crippen molar-refractivity contribution in [1.29, 1.82) is 0 Å². The van der Waals surface area contributed by atoms with E-state index in [0.717, 1.165) is 19.9 Å². The van der Waals surface area contributed by atoms with Gasteiger partial charge in [0, 0.05) is 23.5 Å². The Morgan fingerprint density at radius 1 is 0.826 bits per heavy atom. The summed E-state index contributed by atoms with van der Waals surface area (Å²) in [5.41, 5.74) is 1.80. The lowest BCUT2D eigenvalue weighted by molar-refractivity contribution is -0.140. The molecule has 4 aromatic carbocycles. The number of ether oxygens (including phenoxy) is 2. The van der Waals surface area contributed by atoms with E-state index in [2.05, 4.69) is 21.2 Å². The van der Waals surface area contributed by atoms with Crippen LogP contribution in [0, 0.1) is 0 Å². The number of nitrogens with zero attached hydrogens (tertiary/aromatic N) is 2. The lowest BCUT2D eigenvalue weighted by Gasteiger charge is -2.34. The van der Waals surface area contributed by atoms with E-state index in [9.17, 15) is 18.0 Å².